The van der Waals surface area contributed by atoms with Crippen molar-refractivity contribution in [1.29, 1.82) is 0 Å². The molecule has 0 aliphatic heterocycles. The van der Waals surface area contributed by atoms with Gasteiger partial charge in [-0.2, -0.15) is 0 Å². The van der Waals surface area contributed by atoms with Crippen molar-refractivity contribution in [2.45, 2.75) is 39.7 Å². The van der Waals surface area contributed by atoms with E-state index in [0.29, 0.717) is 12.5 Å². The maximum atomic E-state index is 10.9. The van der Waals surface area contributed by atoms with Crippen LogP contribution in [0, 0.1) is 0 Å². The van der Waals surface area contributed by atoms with Gasteiger partial charge in [0.2, 0.25) is 5.91 Å². The second-order valence-electron chi connectivity index (χ2n) is 5.77. The lowest BCUT2D eigenvalue weighted by Gasteiger charge is -2.20. The summed E-state index contributed by atoms with van der Waals surface area (Å²) < 4.78 is 0. The van der Waals surface area contributed by atoms with Gasteiger partial charge in [0.05, 0.1) is 0 Å². The van der Waals surface area contributed by atoms with E-state index < -0.39 is 0 Å². The zero-order chi connectivity index (χ0) is 15.2. The van der Waals surface area contributed by atoms with Gasteiger partial charge in [0, 0.05) is 24.7 Å². The van der Waals surface area contributed by atoms with Crippen LogP contribution < -0.4 is 16.4 Å². The summed E-state index contributed by atoms with van der Waals surface area (Å²) in [5, 5.41) is 5.85. The van der Waals surface area contributed by atoms with E-state index in [1.165, 1.54) is 6.92 Å². The quantitative estimate of drug-likeness (QED) is 0.580. The minimum atomic E-state index is -0.0758. The largest absolute Gasteiger partial charge is 0.370 e. The zero-order valence-electron chi connectivity index (χ0n) is 12.7. The number of hydrogen-bond donors (Lipinski definition) is 3. The normalized spacial score (nSPS) is 12.1. The molecule has 1 amide bonds. The van der Waals surface area contributed by atoms with Crippen molar-refractivity contribution in [3.63, 3.8) is 0 Å². The number of amides is 1. The van der Waals surface area contributed by atoms with E-state index in [-0.39, 0.29) is 11.4 Å². The first-order valence-corrected chi connectivity index (χ1v) is 6.71. The van der Waals surface area contributed by atoms with Gasteiger partial charge in [0.1, 0.15) is 0 Å². The molecule has 1 rings (SSSR count). The molecule has 5 heteroatoms. The highest BCUT2D eigenvalue weighted by molar-refractivity contribution is 5.88. The van der Waals surface area contributed by atoms with Crippen LogP contribution in [0.1, 0.15) is 33.3 Å². The van der Waals surface area contributed by atoms with Gasteiger partial charge >= 0.3 is 0 Å². The number of nitrogens with zero attached hydrogens (tertiary/aromatic N) is 1. The summed E-state index contributed by atoms with van der Waals surface area (Å²) in [5.74, 6) is 0.399. The Morgan fingerprint density at radius 2 is 1.85 bits per heavy atom. The lowest BCUT2D eigenvalue weighted by atomic mass is 10.1. The molecule has 0 saturated heterocycles. The third-order valence-electron chi connectivity index (χ3n) is 2.46. The predicted molar refractivity (Wildman–Crippen MR) is 83.8 cm³/mol. The maximum Gasteiger partial charge on any atom is 0.221 e. The first kappa shape index (κ1) is 16.0. The third kappa shape index (κ3) is 6.78. The second-order valence-corrected chi connectivity index (χ2v) is 5.77. The summed E-state index contributed by atoms with van der Waals surface area (Å²) in [6.45, 7) is 8.24. The number of carbonyl (C=O) groups is 1. The summed E-state index contributed by atoms with van der Waals surface area (Å²) in [5.41, 5.74) is 7.68. The van der Waals surface area contributed by atoms with Gasteiger partial charge in [-0.25, -0.2) is 0 Å². The standard InChI is InChI=1S/C15H24N4O/c1-11(20)18-13-7-5-12(6-8-13)9-10-17-14(16)19-15(2,3)4/h5-8H,9-10H2,1-4H3,(H,18,20)(H3,16,17,19). The van der Waals surface area contributed by atoms with Crippen LogP contribution in [0.25, 0.3) is 0 Å². The number of carbonyl (C=O) groups excluding carboxylic acids is 1. The number of benzene rings is 1. The first-order chi connectivity index (χ1) is 9.26. The van der Waals surface area contributed by atoms with Crippen LogP contribution in [-0.4, -0.2) is 24.0 Å². The number of guanidine groups is 1. The lowest BCUT2D eigenvalue weighted by Crippen LogP contribution is -2.45. The average Bonchev–Trinajstić information content (AvgIpc) is 2.28. The van der Waals surface area contributed by atoms with Gasteiger partial charge in [0.15, 0.2) is 5.96 Å². The third-order valence-corrected chi connectivity index (χ3v) is 2.46. The van der Waals surface area contributed by atoms with Crippen molar-refractivity contribution >= 4 is 17.6 Å². The number of rotatable bonds is 4. The van der Waals surface area contributed by atoms with Gasteiger partial charge in [-0.15, -0.1) is 0 Å². The number of nitrogens with two attached hydrogens (primary N) is 1. The summed E-state index contributed by atoms with van der Waals surface area (Å²) in [6, 6.07) is 7.73. The van der Waals surface area contributed by atoms with E-state index in [9.17, 15) is 4.79 Å². The molecule has 0 heterocycles. The number of nitrogens with one attached hydrogen (secondary N) is 2. The fourth-order valence-electron chi connectivity index (χ4n) is 1.69. The van der Waals surface area contributed by atoms with Crippen molar-refractivity contribution in [2.75, 3.05) is 11.9 Å². The molecule has 0 spiro atoms. The highest BCUT2D eigenvalue weighted by Gasteiger charge is 2.09. The Morgan fingerprint density at radius 1 is 1.25 bits per heavy atom. The highest BCUT2D eigenvalue weighted by Crippen LogP contribution is 2.10. The molecule has 1 aromatic rings. The molecule has 110 valence electrons. The Labute approximate surface area is 120 Å². The maximum absolute atomic E-state index is 10.9. The molecule has 5 nitrogen and oxygen atoms in total. The summed E-state index contributed by atoms with van der Waals surface area (Å²) in [7, 11) is 0. The number of anilines is 1. The molecule has 0 unspecified atom stereocenters. The minimum Gasteiger partial charge on any atom is -0.370 e. The molecular weight excluding hydrogens is 252 g/mol. The second kappa shape index (κ2) is 6.93. The van der Waals surface area contributed by atoms with Crippen molar-refractivity contribution < 1.29 is 4.79 Å². The minimum absolute atomic E-state index is 0.0663. The van der Waals surface area contributed by atoms with E-state index >= 15 is 0 Å². The highest BCUT2D eigenvalue weighted by atomic mass is 16.1. The molecule has 0 fully saturated rings. The van der Waals surface area contributed by atoms with Crippen molar-refractivity contribution in [3.05, 3.63) is 29.8 Å². The van der Waals surface area contributed by atoms with Crippen LogP contribution >= 0.6 is 0 Å². The summed E-state index contributed by atoms with van der Waals surface area (Å²) in [4.78, 5) is 15.2. The van der Waals surface area contributed by atoms with Crippen LogP contribution in [0.3, 0.4) is 0 Å². The van der Waals surface area contributed by atoms with Gasteiger partial charge in [0.25, 0.3) is 0 Å². The predicted octanol–water partition coefficient (Wildman–Crippen LogP) is 1.89. The van der Waals surface area contributed by atoms with E-state index in [0.717, 1.165) is 17.7 Å². The topological polar surface area (TPSA) is 79.5 Å². The molecule has 0 radical (unpaired) electrons. The van der Waals surface area contributed by atoms with Gasteiger partial charge < -0.3 is 16.4 Å². The van der Waals surface area contributed by atoms with Crippen molar-refractivity contribution in [3.8, 4) is 0 Å². The van der Waals surface area contributed by atoms with E-state index in [1.54, 1.807) is 0 Å². The van der Waals surface area contributed by atoms with Crippen LogP contribution in [0.2, 0.25) is 0 Å². The van der Waals surface area contributed by atoms with Crippen LogP contribution in [0.15, 0.2) is 29.3 Å². The van der Waals surface area contributed by atoms with E-state index in [4.69, 9.17) is 5.73 Å². The van der Waals surface area contributed by atoms with Gasteiger partial charge in [-0.3, -0.25) is 9.79 Å². The SMILES string of the molecule is CC(=O)Nc1ccc(CCN=C(N)NC(C)(C)C)cc1. The van der Waals surface area contributed by atoms with Crippen LogP contribution in [0.4, 0.5) is 5.69 Å². The van der Waals surface area contributed by atoms with E-state index in [2.05, 4.69) is 15.6 Å². The molecular formula is C15H24N4O. The van der Waals surface area contributed by atoms with Crippen LogP contribution in [0.5, 0.6) is 0 Å². The number of hydrogen-bond acceptors (Lipinski definition) is 2. The fraction of sp³-hybridized carbons (Fsp3) is 0.467. The average molecular weight is 276 g/mol. The zero-order valence-corrected chi connectivity index (χ0v) is 12.7. The van der Waals surface area contributed by atoms with Gasteiger partial charge in [-0.1, -0.05) is 12.1 Å². The molecule has 0 atom stereocenters. The number of aliphatic imine (C=N–C) groups is 1. The Morgan fingerprint density at radius 3 is 2.35 bits per heavy atom. The monoisotopic (exact) mass is 276 g/mol. The molecule has 0 aromatic heterocycles. The molecule has 1 aromatic carbocycles. The molecule has 0 bridgehead atoms. The Kier molecular flexibility index (Phi) is 5.55. The van der Waals surface area contributed by atoms with Gasteiger partial charge in [-0.05, 0) is 44.9 Å². The Hall–Kier alpha value is -2.04. The fourth-order valence-corrected chi connectivity index (χ4v) is 1.69. The molecule has 0 aliphatic carbocycles. The molecule has 0 saturated carbocycles. The Balaban J connectivity index is 2.46. The molecule has 0 aliphatic rings. The van der Waals surface area contributed by atoms with Crippen molar-refractivity contribution in [1.82, 2.24) is 5.32 Å². The van der Waals surface area contributed by atoms with E-state index in [1.807, 2.05) is 45.0 Å². The molecule has 4 N–H and O–H groups in total. The Bertz CT molecular complexity index is 472. The van der Waals surface area contributed by atoms with Crippen LogP contribution in [-0.2, 0) is 11.2 Å². The smallest absolute Gasteiger partial charge is 0.221 e. The van der Waals surface area contributed by atoms with Crippen molar-refractivity contribution in [2.24, 2.45) is 10.7 Å². The molecule has 20 heavy (non-hydrogen) atoms. The lowest BCUT2D eigenvalue weighted by molar-refractivity contribution is -0.114. The summed E-state index contributed by atoms with van der Waals surface area (Å²) in [6.07, 6.45) is 0.812. The first-order valence-electron chi connectivity index (χ1n) is 6.71. The summed E-state index contributed by atoms with van der Waals surface area (Å²) >= 11 is 0.